The first kappa shape index (κ1) is 16.9. The second kappa shape index (κ2) is 8.18. The summed E-state index contributed by atoms with van der Waals surface area (Å²) in [6, 6.07) is 6.09. The molecule has 1 N–H and O–H groups in total. The summed E-state index contributed by atoms with van der Waals surface area (Å²) >= 11 is 5.56. The van der Waals surface area contributed by atoms with Crippen molar-refractivity contribution in [3.05, 3.63) is 28.2 Å². The highest BCUT2D eigenvalue weighted by Crippen LogP contribution is 2.30. The van der Waals surface area contributed by atoms with E-state index < -0.39 is 0 Å². The second-order valence-corrected chi connectivity index (χ2v) is 6.78. The summed E-state index contributed by atoms with van der Waals surface area (Å²) in [6.07, 6.45) is 4.59. The maximum atomic E-state index is 5.27. The normalized spacial score (nSPS) is 11.6. The van der Waals surface area contributed by atoms with Crippen molar-refractivity contribution in [2.24, 2.45) is 0 Å². The lowest BCUT2D eigenvalue weighted by atomic mass is 10.0. The van der Waals surface area contributed by atoms with Crippen LogP contribution in [0.15, 0.2) is 22.7 Å². The monoisotopic (exact) mass is 345 g/mol. The van der Waals surface area contributed by atoms with Crippen molar-refractivity contribution in [3.63, 3.8) is 0 Å². The van der Waals surface area contributed by atoms with Crippen LogP contribution in [0.2, 0.25) is 0 Å². The number of nitrogens with one attached hydrogen (secondary N) is 1. The van der Waals surface area contributed by atoms with Crippen LogP contribution >= 0.6 is 27.7 Å². The van der Waals surface area contributed by atoms with Gasteiger partial charge in [0, 0.05) is 22.3 Å². The lowest BCUT2D eigenvalue weighted by Crippen LogP contribution is -2.36. The van der Waals surface area contributed by atoms with Crippen LogP contribution in [0.4, 0.5) is 0 Å². The second-order valence-electron chi connectivity index (χ2n) is 4.66. The Bertz CT molecular complexity index is 385. The number of benzene rings is 1. The van der Waals surface area contributed by atoms with Gasteiger partial charge in [-0.1, -0.05) is 29.8 Å². The van der Waals surface area contributed by atoms with Crippen LogP contribution in [-0.2, 0) is 6.54 Å². The summed E-state index contributed by atoms with van der Waals surface area (Å²) in [5.41, 5.74) is 1.24. The topological polar surface area (TPSA) is 21.3 Å². The number of rotatable bonds is 8. The Labute approximate surface area is 129 Å². The highest BCUT2D eigenvalue weighted by atomic mass is 79.9. The summed E-state index contributed by atoms with van der Waals surface area (Å²) in [5.74, 6) is 0.905. The van der Waals surface area contributed by atoms with Crippen molar-refractivity contribution in [1.29, 1.82) is 0 Å². The predicted octanol–water partition coefficient (Wildman–Crippen LogP) is 4.47. The molecule has 0 unspecified atom stereocenters. The number of ether oxygens (including phenoxy) is 1. The van der Waals surface area contributed by atoms with Gasteiger partial charge in [-0.3, -0.25) is 0 Å². The molecule has 0 spiro atoms. The average Bonchev–Trinajstić information content (AvgIpc) is 2.46. The molecule has 0 aliphatic heterocycles. The van der Waals surface area contributed by atoms with E-state index in [1.54, 1.807) is 7.11 Å². The van der Waals surface area contributed by atoms with Gasteiger partial charge in [-0.05, 0) is 42.9 Å². The fourth-order valence-corrected chi connectivity index (χ4v) is 3.31. The molecule has 108 valence electrons. The van der Waals surface area contributed by atoms with Crippen molar-refractivity contribution in [3.8, 4) is 5.75 Å². The predicted molar refractivity (Wildman–Crippen MR) is 89.2 cm³/mol. The zero-order valence-electron chi connectivity index (χ0n) is 12.3. The van der Waals surface area contributed by atoms with Crippen LogP contribution in [0, 0.1) is 0 Å². The van der Waals surface area contributed by atoms with Crippen molar-refractivity contribution >= 4 is 27.7 Å². The largest absolute Gasteiger partial charge is 0.497 e. The molecule has 1 aromatic carbocycles. The van der Waals surface area contributed by atoms with Gasteiger partial charge in [0.15, 0.2) is 0 Å². The smallest absolute Gasteiger partial charge is 0.119 e. The SMILES string of the molecule is CCC(CC)(CNCc1cc(OC)ccc1Br)SC. The lowest BCUT2D eigenvalue weighted by Gasteiger charge is -2.30. The maximum Gasteiger partial charge on any atom is 0.119 e. The minimum absolute atomic E-state index is 0.353. The highest BCUT2D eigenvalue weighted by molar-refractivity contribution is 9.10. The summed E-state index contributed by atoms with van der Waals surface area (Å²) in [6.45, 7) is 6.43. The molecule has 0 fully saturated rings. The molecule has 0 aliphatic rings. The molecular formula is C15H24BrNOS. The van der Waals surface area contributed by atoms with Crippen molar-refractivity contribution in [2.45, 2.75) is 38.0 Å². The first-order chi connectivity index (χ1) is 9.10. The first-order valence-corrected chi connectivity index (χ1v) is 8.71. The molecule has 0 saturated carbocycles. The molecule has 1 rings (SSSR count). The number of hydrogen-bond donors (Lipinski definition) is 1. The number of halogens is 1. The van der Waals surface area contributed by atoms with Gasteiger partial charge in [-0.25, -0.2) is 0 Å². The van der Waals surface area contributed by atoms with Crippen LogP contribution in [0.1, 0.15) is 32.3 Å². The van der Waals surface area contributed by atoms with E-state index in [9.17, 15) is 0 Å². The Hall–Kier alpha value is -0.190. The van der Waals surface area contributed by atoms with Gasteiger partial charge in [-0.2, -0.15) is 11.8 Å². The van der Waals surface area contributed by atoms with E-state index >= 15 is 0 Å². The molecule has 1 aromatic rings. The van der Waals surface area contributed by atoms with Gasteiger partial charge >= 0.3 is 0 Å². The Kier molecular flexibility index (Phi) is 7.26. The minimum Gasteiger partial charge on any atom is -0.497 e. The zero-order chi connectivity index (χ0) is 14.3. The van der Waals surface area contributed by atoms with Gasteiger partial charge in [0.25, 0.3) is 0 Å². The van der Waals surface area contributed by atoms with Gasteiger partial charge in [0.1, 0.15) is 5.75 Å². The van der Waals surface area contributed by atoms with Crippen LogP contribution in [0.3, 0.4) is 0 Å². The fourth-order valence-electron chi connectivity index (χ4n) is 2.10. The first-order valence-electron chi connectivity index (χ1n) is 6.69. The van der Waals surface area contributed by atoms with E-state index in [-0.39, 0.29) is 0 Å². The average molecular weight is 346 g/mol. The van der Waals surface area contributed by atoms with Crippen LogP contribution in [0.5, 0.6) is 5.75 Å². The molecule has 4 heteroatoms. The van der Waals surface area contributed by atoms with Crippen LogP contribution in [-0.4, -0.2) is 24.7 Å². The zero-order valence-corrected chi connectivity index (χ0v) is 14.7. The third-order valence-corrected chi connectivity index (χ3v) is 6.10. The summed E-state index contributed by atoms with van der Waals surface area (Å²) < 4.78 is 6.75. The molecule has 0 heterocycles. The Balaban J connectivity index is 2.62. The molecule has 0 aromatic heterocycles. The van der Waals surface area contributed by atoms with E-state index in [2.05, 4.69) is 47.4 Å². The summed E-state index contributed by atoms with van der Waals surface area (Å²) in [4.78, 5) is 0. The highest BCUT2D eigenvalue weighted by Gasteiger charge is 2.24. The fraction of sp³-hybridized carbons (Fsp3) is 0.600. The van der Waals surface area contributed by atoms with Crippen molar-refractivity contribution < 1.29 is 4.74 Å². The number of methoxy groups -OCH3 is 1. The molecule has 2 nitrogen and oxygen atoms in total. The molecule has 0 radical (unpaired) electrons. The molecule has 0 amide bonds. The molecule has 0 aliphatic carbocycles. The van der Waals surface area contributed by atoms with Crippen molar-refractivity contribution in [2.75, 3.05) is 19.9 Å². The Morgan fingerprint density at radius 2 is 2.00 bits per heavy atom. The minimum atomic E-state index is 0.353. The molecule has 19 heavy (non-hydrogen) atoms. The van der Waals surface area contributed by atoms with Crippen LogP contribution < -0.4 is 10.1 Å². The quantitative estimate of drug-likeness (QED) is 0.750. The molecule has 0 atom stereocenters. The lowest BCUT2D eigenvalue weighted by molar-refractivity contribution is 0.413. The number of thioether (sulfide) groups is 1. The summed E-state index contributed by atoms with van der Waals surface area (Å²) in [5, 5.41) is 3.58. The third kappa shape index (κ3) is 4.69. The third-order valence-electron chi connectivity index (χ3n) is 3.74. The van der Waals surface area contributed by atoms with E-state index in [1.807, 2.05) is 23.9 Å². The molecular weight excluding hydrogens is 322 g/mol. The van der Waals surface area contributed by atoms with Crippen LogP contribution in [0.25, 0.3) is 0 Å². The van der Waals surface area contributed by atoms with E-state index in [0.717, 1.165) is 23.3 Å². The van der Waals surface area contributed by atoms with Gasteiger partial charge in [-0.15, -0.1) is 0 Å². The van der Waals surface area contributed by atoms with E-state index in [0.29, 0.717) is 4.75 Å². The van der Waals surface area contributed by atoms with Gasteiger partial charge in [0.2, 0.25) is 0 Å². The van der Waals surface area contributed by atoms with Crippen molar-refractivity contribution in [1.82, 2.24) is 5.32 Å². The van der Waals surface area contributed by atoms with E-state index in [1.165, 1.54) is 18.4 Å². The number of hydrogen-bond acceptors (Lipinski definition) is 3. The standard InChI is InChI=1S/C15H24BrNOS/c1-5-15(6-2,19-4)11-17-10-12-9-13(18-3)7-8-14(12)16/h7-9,17H,5-6,10-11H2,1-4H3. The summed E-state index contributed by atoms with van der Waals surface area (Å²) in [7, 11) is 1.70. The molecule has 0 bridgehead atoms. The van der Waals surface area contributed by atoms with Gasteiger partial charge < -0.3 is 10.1 Å². The Morgan fingerprint density at radius 1 is 1.32 bits per heavy atom. The van der Waals surface area contributed by atoms with Gasteiger partial charge in [0.05, 0.1) is 7.11 Å². The Morgan fingerprint density at radius 3 is 2.53 bits per heavy atom. The van der Waals surface area contributed by atoms with E-state index in [4.69, 9.17) is 4.74 Å². The maximum absolute atomic E-state index is 5.27. The molecule has 0 saturated heterocycles.